The molecule has 3 rings (SSSR count). The van der Waals surface area contributed by atoms with E-state index in [0.717, 1.165) is 15.6 Å². The summed E-state index contributed by atoms with van der Waals surface area (Å²) in [5.74, 6) is -0.474. The highest BCUT2D eigenvalue weighted by molar-refractivity contribution is 7.87. The van der Waals surface area contributed by atoms with E-state index in [9.17, 15) is 13.2 Å². The second kappa shape index (κ2) is 7.40. The number of hydrogen-bond donors (Lipinski definition) is 2. The molecule has 1 fully saturated rings. The zero-order valence-corrected chi connectivity index (χ0v) is 17.2. The molecule has 1 aromatic carbocycles. The number of hydrogen-bond acceptors (Lipinski definition) is 4. The Bertz CT molecular complexity index is 992. The summed E-state index contributed by atoms with van der Waals surface area (Å²) < 4.78 is 30.3. The third-order valence-electron chi connectivity index (χ3n) is 4.71. The van der Waals surface area contributed by atoms with Crippen molar-refractivity contribution in [3.63, 3.8) is 0 Å². The number of rotatable bonds is 3. The van der Waals surface area contributed by atoms with Gasteiger partial charge >= 0.3 is 0 Å². The molecule has 2 unspecified atom stereocenters. The maximum Gasteiger partial charge on any atom is 0.280 e. The average Bonchev–Trinajstić information content (AvgIpc) is 2.92. The average molecular weight is 432 g/mol. The molecule has 1 aromatic heterocycles. The SMILES string of the molecule is Cc1c(C2CC(C(=O)Nc3ccc(Cl)cc3Cl)N(C)S(=O)(=O)N2)cnn1C. The lowest BCUT2D eigenvalue weighted by atomic mass is 10.00. The van der Waals surface area contributed by atoms with Crippen LogP contribution in [0.5, 0.6) is 0 Å². The van der Waals surface area contributed by atoms with Crippen LogP contribution >= 0.6 is 23.2 Å². The van der Waals surface area contributed by atoms with Crippen LogP contribution in [-0.2, 0) is 22.1 Å². The number of nitrogens with zero attached hydrogens (tertiary/aromatic N) is 3. The summed E-state index contributed by atoms with van der Waals surface area (Å²) in [4.78, 5) is 12.8. The lowest BCUT2D eigenvalue weighted by Gasteiger charge is -2.36. The summed E-state index contributed by atoms with van der Waals surface area (Å²) in [6.45, 7) is 1.84. The minimum absolute atomic E-state index is 0.249. The molecule has 0 bridgehead atoms. The topological polar surface area (TPSA) is 96.3 Å². The molecule has 11 heteroatoms. The van der Waals surface area contributed by atoms with Crippen LogP contribution in [0.15, 0.2) is 24.4 Å². The first-order chi connectivity index (χ1) is 12.6. The van der Waals surface area contributed by atoms with E-state index in [1.165, 1.54) is 13.1 Å². The van der Waals surface area contributed by atoms with Crippen LogP contribution in [0.1, 0.15) is 23.7 Å². The number of amides is 1. The fourth-order valence-corrected chi connectivity index (χ4v) is 4.70. The van der Waals surface area contributed by atoms with E-state index in [-0.39, 0.29) is 11.4 Å². The van der Waals surface area contributed by atoms with E-state index in [2.05, 4.69) is 15.1 Å². The zero-order chi connectivity index (χ0) is 19.9. The van der Waals surface area contributed by atoms with Crippen molar-refractivity contribution in [2.45, 2.75) is 25.4 Å². The van der Waals surface area contributed by atoms with E-state index in [0.29, 0.717) is 10.7 Å². The third kappa shape index (κ3) is 3.97. The highest BCUT2D eigenvalue weighted by atomic mass is 35.5. The molecule has 0 saturated carbocycles. The molecular formula is C16H19Cl2N5O3S. The summed E-state index contributed by atoms with van der Waals surface area (Å²) in [5.41, 5.74) is 1.92. The molecular weight excluding hydrogens is 413 g/mol. The highest BCUT2D eigenvalue weighted by Crippen LogP contribution is 2.31. The van der Waals surface area contributed by atoms with Crippen molar-refractivity contribution in [3.8, 4) is 0 Å². The van der Waals surface area contributed by atoms with Crippen molar-refractivity contribution in [3.05, 3.63) is 45.7 Å². The molecule has 2 atom stereocenters. The van der Waals surface area contributed by atoms with Gasteiger partial charge in [-0.1, -0.05) is 23.2 Å². The lowest BCUT2D eigenvalue weighted by Crippen LogP contribution is -2.56. The number of anilines is 1. The quantitative estimate of drug-likeness (QED) is 0.778. The van der Waals surface area contributed by atoms with E-state index >= 15 is 0 Å². The fourth-order valence-electron chi connectivity index (χ4n) is 2.98. The number of aromatic nitrogens is 2. The third-order valence-corrected chi connectivity index (χ3v) is 6.85. The van der Waals surface area contributed by atoms with Crippen molar-refractivity contribution in [1.29, 1.82) is 0 Å². The molecule has 27 heavy (non-hydrogen) atoms. The Morgan fingerprint density at radius 3 is 2.63 bits per heavy atom. The molecule has 1 amide bonds. The minimum Gasteiger partial charge on any atom is -0.323 e. The van der Waals surface area contributed by atoms with Gasteiger partial charge in [0.15, 0.2) is 0 Å². The number of carbonyl (C=O) groups excluding carboxylic acids is 1. The van der Waals surface area contributed by atoms with Crippen molar-refractivity contribution >= 4 is 45.0 Å². The van der Waals surface area contributed by atoms with Crippen molar-refractivity contribution < 1.29 is 13.2 Å². The Morgan fingerprint density at radius 2 is 2.04 bits per heavy atom. The summed E-state index contributed by atoms with van der Waals surface area (Å²) in [7, 11) is -0.702. The van der Waals surface area contributed by atoms with Crippen LogP contribution in [0.4, 0.5) is 5.69 Å². The first-order valence-corrected chi connectivity index (χ1v) is 10.3. The Labute approximate surface area is 167 Å². The summed E-state index contributed by atoms with van der Waals surface area (Å²) in [6, 6.07) is 3.20. The summed E-state index contributed by atoms with van der Waals surface area (Å²) >= 11 is 12.0. The predicted octanol–water partition coefficient (Wildman–Crippen LogP) is 2.25. The van der Waals surface area contributed by atoms with Gasteiger partial charge in [0.25, 0.3) is 10.2 Å². The van der Waals surface area contributed by atoms with E-state index in [4.69, 9.17) is 23.2 Å². The smallest absolute Gasteiger partial charge is 0.280 e. The van der Waals surface area contributed by atoms with Crippen LogP contribution in [0, 0.1) is 6.92 Å². The molecule has 0 spiro atoms. The number of halogens is 2. The van der Waals surface area contributed by atoms with Gasteiger partial charge in [-0.05, 0) is 31.5 Å². The van der Waals surface area contributed by atoms with Gasteiger partial charge in [-0.15, -0.1) is 0 Å². The highest BCUT2D eigenvalue weighted by Gasteiger charge is 2.41. The molecule has 2 N–H and O–H groups in total. The van der Waals surface area contributed by atoms with E-state index in [1.54, 1.807) is 30.1 Å². The lowest BCUT2D eigenvalue weighted by molar-refractivity contribution is -0.120. The first-order valence-electron chi connectivity index (χ1n) is 8.10. The Hall–Kier alpha value is -1.65. The maximum absolute atomic E-state index is 12.8. The molecule has 1 aliphatic rings. The number of nitrogens with one attached hydrogen (secondary N) is 2. The van der Waals surface area contributed by atoms with Gasteiger partial charge in [0.2, 0.25) is 5.91 Å². The number of likely N-dealkylation sites (N-methyl/N-ethyl adjacent to an activating group) is 1. The molecule has 0 radical (unpaired) electrons. The standard InChI is InChI=1S/C16H19Cl2N5O3S/c1-9-11(8-19-22(9)2)14-7-15(23(3)27(25,26)21-14)16(24)20-13-5-4-10(17)6-12(13)18/h4-6,8,14-15,21H,7H2,1-3H3,(H,20,24). The molecule has 1 aliphatic heterocycles. The molecule has 146 valence electrons. The first kappa shape index (κ1) is 20.1. The van der Waals surface area contributed by atoms with Gasteiger partial charge in [-0.3, -0.25) is 9.48 Å². The van der Waals surface area contributed by atoms with Gasteiger partial charge in [0.1, 0.15) is 6.04 Å². The van der Waals surface area contributed by atoms with Gasteiger partial charge < -0.3 is 5.32 Å². The van der Waals surface area contributed by atoms with Crippen molar-refractivity contribution in [2.24, 2.45) is 7.05 Å². The number of aryl methyl sites for hydroxylation is 1. The second-order valence-corrected chi connectivity index (χ2v) is 8.97. The normalized spacial score (nSPS) is 22.6. The van der Waals surface area contributed by atoms with E-state index < -0.39 is 28.2 Å². The van der Waals surface area contributed by atoms with E-state index in [1.807, 2.05) is 6.92 Å². The second-order valence-electron chi connectivity index (χ2n) is 6.37. The molecule has 0 aliphatic carbocycles. The molecule has 2 heterocycles. The summed E-state index contributed by atoms with van der Waals surface area (Å²) in [6.07, 6.45) is 1.86. The van der Waals surface area contributed by atoms with Crippen LogP contribution in [0.25, 0.3) is 0 Å². The molecule has 2 aromatic rings. The fraction of sp³-hybridized carbons (Fsp3) is 0.375. The van der Waals surface area contributed by atoms with Gasteiger partial charge in [-0.25, -0.2) is 0 Å². The number of carbonyl (C=O) groups is 1. The minimum atomic E-state index is -3.84. The zero-order valence-electron chi connectivity index (χ0n) is 14.9. The van der Waals surface area contributed by atoms with Crippen molar-refractivity contribution in [1.82, 2.24) is 18.8 Å². The van der Waals surface area contributed by atoms with Crippen molar-refractivity contribution in [2.75, 3.05) is 12.4 Å². The van der Waals surface area contributed by atoms with Crippen LogP contribution in [-0.4, -0.2) is 41.5 Å². The van der Waals surface area contributed by atoms with Gasteiger partial charge in [0.05, 0.1) is 22.9 Å². The number of benzene rings is 1. The monoisotopic (exact) mass is 431 g/mol. The Kier molecular flexibility index (Phi) is 5.51. The van der Waals surface area contributed by atoms with Gasteiger partial charge in [-0.2, -0.15) is 22.5 Å². The predicted molar refractivity (Wildman–Crippen MR) is 104 cm³/mol. The van der Waals surface area contributed by atoms with Crippen LogP contribution in [0.3, 0.4) is 0 Å². The summed E-state index contributed by atoms with van der Waals surface area (Å²) in [5, 5.41) is 7.55. The largest absolute Gasteiger partial charge is 0.323 e. The van der Waals surface area contributed by atoms with Crippen LogP contribution in [0.2, 0.25) is 10.0 Å². The Balaban J connectivity index is 1.88. The maximum atomic E-state index is 12.8. The molecule has 8 nitrogen and oxygen atoms in total. The Morgan fingerprint density at radius 1 is 1.33 bits per heavy atom. The van der Waals surface area contributed by atoms with Crippen LogP contribution < -0.4 is 10.0 Å². The molecule has 1 saturated heterocycles. The van der Waals surface area contributed by atoms with Gasteiger partial charge in [0, 0.05) is 30.4 Å².